The van der Waals surface area contributed by atoms with Crippen LogP contribution < -0.4 is 4.90 Å². The van der Waals surface area contributed by atoms with Crippen molar-refractivity contribution in [2.24, 2.45) is 5.41 Å². The fourth-order valence-electron chi connectivity index (χ4n) is 5.89. The third-order valence-corrected chi connectivity index (χ3v) is 7.75. The molecule has 4 fully saturated rings. The molecule has 158 valence electrons. The SMILES string of the molecule is CCOC(=O)N1CC2(CC[C@@H](N3CCN(c4ncccc4C4CCC4)CC3)C2)C1. The lowest BCUT2D eigenvalue weighted by molar-refractivity contribution is -0.00294. The number of likely N-dealkylation sites (tertiary alicyclic amines) is 1. The predicted octanol–water partition coefficient (Wildman–Crippen LogP) is 3.48. The lowest BCUT2D eigenvalue weighted by Gasteiger charge is -2.48. The van der Waals surface area contributed by atoms with Gasteiger partial charge in [0.1, 0.15) is 5.82 Å². The van der Waals surface area contributed by atoms with Gasteiger partial charge in [-0.05, 0) is 56.6 Å². The number of carbonyl (C=O) groups excluding carboxylic acids is 1. The largest absolute Gasteiger partial charge is 0.450 e. The van der Waals surface area contributed by atoms with Gasteiger partial charge in [-0.3, -0.25) is 4.90 Å². The number of hydrogen-bond acceptors (Lipinski definition) is 5. The number of ether oxygens (including phenoxy) is 1. The molecule has 2 saturated carbocycles. The van der Waals surface area contributed by atoms with E-state index in [1.165, 1.54) is 49.9 Å². The third kappa shape index (κ3) is 3.60. The summed E-state index contributed by atoms with van der Waals surface area (Å²) in [5, 5.41) is 0. The van der Waals surface area contributed by atoms with Gasteiger partial charge in [-0.25, -0.2) is 9.78 Å². The minimum atomic E-state index is -0.132. The van der Waals surface area contributed by atoms with E-state index in [0.29, 0.717) is 18.1 Å². The number of pyridine rings is 1. The Labute approximate surface area is 174 Å². The summed E-state index contributed by atoms with van der Waals surface area (Å²) in [5.74, 6) is 1.97. The van der Waals surface area contributed by atoms with Gasteiger partial charge in [-0.2, -0.15) is 0 Å². The van der Waals surface area contributed by atoms with Crippen molar-refractivity contribution in [2.75, 3.05) is 50.8 Å². The van der Waals surface area contributed by atoms with Crippen LogP contribution in [0, 0.1) is 5.41 Å². The van der Waals surface area contributed by atoms with Crippen molar-refractivity contribution in [3.63, 3.8) is 0 Å². The van der Waals surface area contributed by atoms with E-state index in [0.717, 1.165) is 45.2 Å². The van der Waals surface area contributed by atoms with Gasteiger partial charge in [-0.1, -0.05) is 12.5 Å². The normalized spacial score (nSPS) is 27.0. The van der Waals surface area contributed by atoms with Gasteiger partial charge in [0.25, 0.3) is 0 Å². The Balaban J connectivity index is 1.14. The molecular weight excluding hydrogens is 364 g/mol. The summed E-state index contributed by atoms with van der Waals surface area (Å²) in [7, 11) is 0. The monoisotopic (exact) mass is 398 g/mol. The van der Waals surface area contributed by atoms with E-state index in [2.05, 4.69) is 21.9 Å². The van der Waals surface area contributed by atoms with Crippen molar-refractivity contribution in [1.82, 2.24) is 14.8 Å². The maximum Gasteiger partial charge on any atom is 0.409 e. The van der Waals surface area contributed by atoms with Crippen molar-refractivity contribution in [1.29, 1.82) is 0 Å². The molecule has 29 heavy (non-hydrogen) atoms. The lowest BCUT2D eigenvalue weighted by Crippen LogP contribution is -2.58. The second kappa shape index (κ2) is 7.78. The van der Waals surface area contributed by atoms with E-state index in [1.807, 2.05) is 18.0 Å². The van der Waals surface area contributed by atoms with Crippen LogP contribution in [0.2, 0.25) is 0 Å². The smallest absolute Gasteiger partial charge is 0.409 e. The van der Waals surface area contributed by atoms with E-state index in [9.17, 15) is 4.79 Å². The Kier molecular flexibility index (Phi) is 5.14. The Hall–Kier alpha value is -1.82. The van der Waals surface area contributed by atoms with Gasteiger partial charge < -0.3 is 14.5 Å². The average Bonchev–Trinajstić information content (AvgIpc) is 3.12. The quantitative estimate of drug-likeness (QED) is 0.777. The maximum absolute atomic E-state index is 11.9. The summed E-state index contributed by atoms with van der Waals surface area (Å²) in [6.07, 6.45) is 9.60. The molecule has 6 heteroatoms. The van der Waals surface area contributed by atoms with Crippen LogP contribution in [-0.2, 0) is 4.74 Å². The summed E-state index contributed by atoms with van der Waals surface area (Å²) in [6, 6.07) is 5.07. The van der Waals surface area contributed by atoms with E-state index < -0.39 is 0 Å². The highest BCUT2D eigenvalue weighted by molar-refractivity contribution is 5.69. The van der Waals surface area contributed by atoms with Gasteiger partial charge in [0.15, 0.2) is 0 Å². The number of hydrogen-bond donors (Lipinski definition) is 0. The standard InChI is InChI=1S/C23H34N4O2/c1-2-29-22(28)27-16-23(17-27)9-8-19(15-23)25-11-13-26(14-12-25)21-20(7-4-10-24-21)18-5-3-6-18/h4,7,10,18-19H,2-3,5-6,8-9,11-17H2,1H3/t19-/m1/s1. The minimum absolute atomic E-state index is 0.132. The summed E-state index contributed by atoms with van der Waals surface area (Å²) in [5.41, 5.74) is 1.83. The molecule has 1 atom stereocenters. The number of anilines is 1. The highest BCUT2D eigenvalue weighted by Crippen LogP contribution is 2.47. The second-order valence-corrected chi connectivity index (χ2v) is 9.52. The molecule has 6 nitrogen and oxygen atoms in total. The number of rotatable bonds is 4. The number of aromatic nitrogens is 1. The molecule has 3 heterocycles. The molecule has 2 aliphatic heterocycles. The summed E-state index contributed by atoms with van der Waals surface area (Å²) < 4.78 is 5.15. The van der Waals surface area contributed by atoms with Crippen LogP contribution in [0.1, 0.15) is 56.9 Å². The van der Waals surface area contributed by atoms with Crippen molar-refractivity contribution in [3.05, 3.63) is 23.9 Å². The predicted molar refractivity (Wildman–Crippen MR) is 113 cm³/mol. The molecular formula is C23H34N4O2. The Morgan fingerprint density at radius 2 is 2.00 bits per heavy atom. The number of amides is 1. The molecule has 2 aliphatic carbocycles. The summed E-state index contributed by atoms with van der Waals surface area (Å²) in [6.45, 7) is 8.53. The van der Waals surface area contributed by atoms with Gasteiger partial charge >= 0.3 is 6.09 Å². The zero-order chi connectivity index (χ0) is 19.8. The van der Waals surface area contributed by atoms with Crippen LogP contribution in [0.3, 0.4) is 0 Å². The van der Waals surface area contributed by atoms with Crippen LogP contribution >= 0.6 is 0 Å². The third-order valence-electron chi connectivity index (χ3n) is 7.75. The van der Waals surface area contributed by atoms with E-state index in [1.54, 1.807) is 0 Å². The molecule has 0 unspecified atom stereocenters. The van der Waals surface area contributed by atoms with Crippen molar-refractivity contribution in [2.45, 2.75) is 57.4 Å². The molecule has 2 saturated heterocycles. The van der Waals surface area contributed by atoms with Gasteiger partial charge in [0, 0.05) is 56.9 Å². The van der Waals surface area contributed by atoms with Gasteiger partial charge in [0.2, 0.25) is 0 Å². The summed E-state index contributed by atoms with van der Waals surface area (Å²) >= 11 is 0. The topological polar surface area (TPSA) is 48.9 Å². The highest BCUT2D eigenvalue weighted by Gasteiger charge is 2.51. The van der Waals surface area contributed by atoms with Gasteiger partial charge in [-0.15, -0.1) is 0 Å². The Bertz CT molecular complexity index is 736. The second-order valence-electron chi connectivity index (χ2n) is 9.52. The van der Waals surface area contributed by atoms with Gasteiger partial charge in [0.05, 0.1) is 6.61 Å². The first-order valence-corrected chi connectivity index (χ1v) is 11.5. The molecule has 0 aromatic carbocycles. The first-order valence-electron chi connectivity index (χ1n) is 11.5. The van der Waals surface area contributed by atoms with Crippen molar-refractivity contribution >= 4 is 11.9 Å². The van der Waals surface area contributed by atoms with Crippen LogP contribution in [-0.4, -0.2) is 72.8 Å². The lowest BCUT2D eigenvalue weighted by atomic mass is 9.78. The summed E-state index contributed by atoms with van der Waals surface area (Å²) in [4.78, 5) is 23.8. The molecule has 5 rings (SSSR count). The first-order chi connectivity index (χ1) is 14.2. The average molecular weight is 399 g/mol. The number of nitrogens with zero attached hydrogens (tertiary/aromatic N) is 4. The minimum Gasteiger partial charge on any atom is -0.450 e. The van der Waals surface area contributed by atoms with Crippen LogP contribution in [0.15, 0.2) is 18.3 Å². The molecule has 1 spiro atoms. The number of piperazine rings is 1. The Morgan fingerprint density at radius 3 is 2.69 bits per heavy atom. The molecule has 1 amide bonds. The first kappa shape index (κ1) is 19.2. The van der Waals surface area contributed by atoms with E-state index in [4.69, 9.17) is 9.72 Å². The fraction of sp³-hybridized carbons (Fsp3) is 0.739. The van der Waals surface area contributed by atoms with E-state index in [-0.39, 0.29) is 6.09 Å². The zero-order valence-electron chi connectivity index (χ0n) is 17.7. The van der Waals surface area contributed by atoms with Crippen molar-refractivity contribution in [3.8, 4) is 0 Å². The molecule has 0 bridgehead atoms. The number of carbonyl (C=O) groups is 1. The van der Waals surface area contributed by atoms with E-state index >= 15 is 0 Å². The van der Waals surface area contributed by atoms with Crippen LogP contribution in [0.25, 0.3) is 0 Å². The molecule has 4 aliphatic rings. The van der Waals surface area contributed by atoms with Crippen LogP contribution in [0.5, 0.6) is 0 Å². The molecule has 0 N–H and O–H groups in total. The fourth-order valence-corrected chi connectivity index (χ4v) is 5.89. The maximum atomic E-state index is 11.9. The van der Waals surface area contributed by atoms with Crippen molar-refractivity contribution < 1.29 is 9.53 Å². The zero-order valence-corrected chi connectivity index (χ0v) is 17.7. The molecule has 1 aromatic rings. The highest BCUT2D eigenvalue weighted by atomic mass is 16.6. The molecule has 0 radical (unpaired) electrons. The molecule has 1 aromatic heterocycles. The Morgan fingerprint density at radius 1 is 1.21 bits per heavy atom. The van der Waals surface area contributed by atoms with Crippen LogP contribution in [0.4, 0.5) is 10.6 Å².